The third kappa shape index (κ3) is 7.01. The Morgan fingerprint density at radius 2 is 1.85 bits per heavy atom. The number of likely N-dealkylation sites (tertiary alicyclic amines) is 1. The first-order chi connectivity index (χ1) is 11.8. The number of carbonyl (C=O) groups is 1. The lowest BCUT2D eigenvalue weighted by Crippen LogP contribution is -2.45. The van der Waals surface area contributed by atoms with Crippen LogP contribution in [0.25, 0.3) is 0 Å². The summed E-state index contributed by atoms with van der Waals surface area (Å²) in [6, 6.07) is 4.95. The van der Waals surface area contributed by atoms with Crippen LogP contribution in [0.5, 0.6) is 5.75 Å². The van der Waals surface area contributed by atoms with Gasteiger partial charge in [0.05, 0.1) is 12.1 Å². The van der Waals surface area contributed by atoms with Crippen LogP contribution in [0.15, 0.2) is 24.3 Å². The van der Waals surface area contributed by atoms with E-state index >= 15 is 0 Å². The largest absolute Gasteiger partial charge is 0.492 e. The van der Waals surface area contributed by atoms with Gasteiger partial charge in [-0.25, -0.2) is 0 Å². The van der Waals surface area contributed by atoms with Gasteiger partial charge >= 0.3 is 12.1 Å². The molecule has 0 aliphatic carbocycles. The highest BCUT2D eigenvalue weighted by atomic mass is 35.5. The minimum absolute atomic E-state index is 0. The van der Waals surface area contributed by atoms with Gasteiger partial charge in [0.1, 0.15) is 12.4 Å². The van der Waals surface area contributed by atoms with Crippen LogP contribution in [0.3, 0.4) is 0 Å². The number of nitrogens with zero attached hydrogens (tertiary/aromatic N) is 2. The summed E-state index contributed by atoms with van der Waals surface area (Å²) in [6.07, 6.45) is -2.55. The Morgan fingerprint density at radius 1 is 1.27 bits per heavy atom. The predicted octanol–water partition coefficient (Wildman–Crippen LogP) is 2.99. The molecule has 148 valence electrons. The molecule has 0 aromatic heterocycles. The molecule has 0 spiro atoms. The highest BCUT2D eigenvalue weighted by Crippen LogP contribution is 2.30. The van der Waals surface area contributed by atoms with E-state index in [0.29, 0.717) is 18.9 Å². The first kappa shape index (κ1) is 22.5. The van der Waals surface area contributed by atoms with Gasteiger partial charge in [-0.3, -0.25) is 14.6 Å². The molecular formula is C17H24ClF3N2O3. The Hall–Kier alpha value is -1.51. The van der Waals surface area contributed by atoms with Crippen LogP contribution in [-0.2, 0) is 11.0 Å². The van der Waals surface area contributed by atoms with E-state index in [9.17, 15) is 18.0 Å². The van der Waals surface area contributed by atoms with E-state index in [1.807, 2.05) is 11.9 Å². The molecule has 2 rings (SSSR count). The number of rotatable bonds is 7. The normalized spacial score (nSPS) is 16.3. The number of carboxylic acid groups (broad SMARTS) is 1. The predicted molar refractivity (Wildman–Crippen MR) is 93.9 cm³/mol. The van der Waals surface area contributed by atoms with Crippen molar-refractivity contribution >= 4 is 18.4 Å². The summed E-state index contributed by atoms with van der Waals surface area (Å²) in [5.74, 6) is -0.404. The lowest BCUT2D eigenvalue weighted by Gasteiger charge is -2.36. The van der Waals surface area contributed by atoms with Crippen molar-refractivity contribution in [2.24, 2.45) is 0 Å². The van der Waals surface area contributed by atoms with E-state index < -0.39 is 17.7 Å². The van der Waals surface area contributed by atoms with Crippen molar-refractivity contribution in [3.05, 3.63) is 29.8 Å². The van der Waals surface area contributed by atoms with Gasteiger partial charge in [0.25, 0.3) is 0 Å². The topological polar surface area (TPSA) is 53.0 Å². The number of hydrogen-bond donors (Lipinski definition) is 1. The standard InChI is InChI=1S/C17H23F3N2O3.ClH/c1-21(12-16(23)24)14-6-8-22(9-7-14)10-11-25-15-4-2-13(3-5-15)17(18,19)20;/h2-5,14H,6-12H2,1H3,(H,23,24);1H. The number of piperidine rings is 1. The van der Waals surface area contributed by atoms with Crippen molar-refractivity contribution in [3.63, 3.8) is 0 Å². The van der Waals surface area contributed by atoms with Crippen molar-refractivity contribution < 1.29 is 27.8 Å². The van der Waals surface area contributed by atoms with Crippen molar-refractivity contribution in [1.82, 2.24) is 9.80 Å². The molecule has 1 aromatic carbocycles. The summed E-state index contributed by atoms with van der Waals surface area (Å²) in [5.41, 5.74) is -0.688. The number of halogens is 4. The summed E-state index contributed by atoms with van der Waals surface area (Å²) in [5, 5.41) is 8.82. The van der Waals surface area contributed by atoms with Crippen molar-refractivity contribution in [2.75, 3.05) is 39.8 Å². The smallest absolute Gasteiger partial charge is 0.416 e. The fourth-order valence-electron chi connectivity index (χ4n) is 2.96. The number of ether oxygens (including phenoxy) is 1. The molecule has 0 bridgehead atoms. The van der Waals surface area contributed by atoms with Crippen LogP contribution in [0.1, 0.15) is 18.4 Å². The van der Waals surface area contributed by atoms with Crippen LogP contribution < -0.4 is 4.74 Å². The number of benzene rings is 1. The summed E-state index contributed by atoms with van der Waals surface area (Å²) < 4.78 is 43.0. The zero-order valence-corrected chi connectivity index (χ0v) is 15.4. The molecule has 26 heavy (non-hydrogen) atoms. The van der Waals surface area contributed by atoms with Gasteiger partial charge in [0.2, 0.25) is 0 Å². The highest BCUT2D eigenvalue weighted by molar-refractivity contribution is 5.85. The minimum atomic E-state index is -4.34. The maximum absolute atomic E-state index is 12.5. The average Bonchev–Trinajstić information content (AvgIpc) is 2.54. The van der Waals surface area contributed by atoms with Gasteiger partial charge in [-0.2, -0.15) is 13.2 Å². The van der Waals surface area contributed by atoms with Crippen molar-refractivity contribution in [3.8, 4) is 5.75 Å². The van der Waals surface area contributed by atoms with E-state index in [1.54, 1.807) is 0 Å². The van der Waals surface area contributed by atoms with E-state index in [-0.39, 0.29) is 25.0 Å². The molecular weight excluding hydrogens is 373 g/mol. The first-order valence-electron chi connectivity index (χ1n) is 8.20. The molecule has 1 fully saturated rings. The van der Waals surface area contributed by atoms with E-state index in [0.717, 1.165) is 38.1 Å². The molecule has 0 amide bonds. The first-order valence-corrected chi connectivity index (χ1v) is 8.20. The SMILES string of the molecule is CN(CC(=O)O)C1CCN(CCOc2ccc(C(F)(F)F)cc2)CC1.Cl. The Balaban J connectivity index is 0.00000338. The zero-order chi connectivity index (χ0) is 18.4. The molecule has 1 heterocycles. The Morgan fingerprint density at radius 3 is 2.35 bits per heavy atom. The molecule has 1 aromatic rings. The van der Waals surface area contributed by atoms with Crippen molar-refractivity contribution in [2.45, 2.75) is 25.1 Å². The van der Waals surface area contributed by atoms with Crippen LogP contribution in [0, 0.1) is 0 Å². The quantitative estimate of drug-likeness (QED) is 0.768. The van der Waals surface area contributed by atoms with Gasteiger partial charge in [0.15, 0.2) is 0 Å². The summed E-state index contributed by atoms with van der Waals surface area (Å²) >= 11 is 0. The van der Waals surface area contributed by atoms with Crippen LogP contribution in [-0.4, -0.2) is 66.8 Å². The zero-order valence-electron chi connectivity index (χ0n) is 14.5. The number of hydrogen-bond acceptors (Lipinski definition) is 4. The van der Waals surface area contributed by atoms with Gasteiger partial charge in [-0.1, -0.05) is 0 Å². The summed E-state index contributed by atoms with van der Waals surface area (Å²) in [6.45, 7) is 2.84. The molecule has 1 aliphatic heterocycles. The van der Waals surface area contributed by atoms with Gasteiger partial charge in [0, 0.05) is 12.6 Å². The third-order valence-corrected chi connectivity index (χ3v) is 4.42. The number of likely N-dealkylation sites (N-methyl/N-ethyl adjacent to an activating group) is 1. The minimum Gasteiger partial charge on any atom is -0.492 e. The van der Waals surface area contributed by atoms with Gasteiger partial charge in [-0.05, 0) is 57.2 Å². The van der Waals surface area contributed by atoms with E-state index in [2.05, 4.69) is 4.90 Å². The Labute approximate surface area is 157 Å². The molecule has 1 N–H and O–H groups in total. The Kier molecular flexibility index (Phi) is 8.66. The Bertz CT molecular complexity index is 561. The number of carboxylic acids is 1. The van der Waals surface area contributed by atoms with Crippen LogP contribution >= 0.6 is 12.4 Å². The highest BCUT2D eigenvalue weighted by Gasteiger charge is 2.30. The second kappa shape index (κ2) is 9.99. The van der Waals surface area contributed by atoms with Gasteiger partial charge in [-0.15, -0.1) is 12.4 Å². The number of alkyl halides is 3. The molecule has 9 heteroatoms. The molecule has 1 saturated heterocycles. The fourth-order valence-corrected chi connectivity index (χ4v) is 2.96. The number of aliphatic carboxylic acids is 1. The van der Waals surface area contributed by atoms with Crippen LogP contribution in [0.2, 0.25) is 0 Å². The molecule has 0 radical (unpaired) electrons. The summed E-state index contributed by atoms with van der Waals surface area (Å²) in [7, 11) is 1.82. The maximum Gasteiger partial charge on any atom is 0.416 e. The monoisotopic (exact) mass is 396 g/mol. The molecule has 1 aliphatic rings. The van der Waals surface area contributed by atoms with Crippen LogP contribution in [0.4, 0.5) is 13.2 Å². The summed E-state index contributed by atoms with van der Waals surface area (Å²) in [4.78, 5) is 14.8. The van der Waals surface area contributed by atoms with Gasteiger partial charge < -0.3 is 9.84 Å². The lowest BCUT2D eigenvalue weighted by molar-refractivity contribution is -0.139. The third-order valence-electron chi connectivity index (χ3n) is 4.42. The second-order valence-electron chi connectivity index (χ2n) is 6.25. The second-order valence-corrected chi connectivity index (χ2v) is 6.25. The molecule has 5 nitrogen and oxygen atoms in total. The van der Waals surface area contributed by atoms with Crippen molar-refractivity contribution in [1.29, 1.82) is 0 Å². The fraction of sp³-hybridized carbons (Fsp3) is 0.588. The molecule has 0 atom stereocenters. The average molecular weight is 397 g/mol. The van der Waals surface area contributed by atoms with E-state index in [4.69, 9.17) is 9.84 Å². The molecule has 0 unspecified atom stereocenters. The maximum atomic E-state index is 12.5. The lowest BCUT2D eigenvalue weighted by atomic mass is 10.0. The molecule has 0 saturated carbocycles. The van der Waals surface area contributed by atoms with E-state index in [1.165, 1.54) is 12.1 Å².